The molecule has 0 aromatic rings. The standard InChI is InChI=1S/C8H15NO/c1-6-3-4-8(2,5-6)7(9)10/h6H,3-5H2,1-2H3,(H2,9,10)/t6-,8+/m0/s1. The Balaban J connectivity index is 2.63. The third-order valence-corrected chi connectivity index (χ3v) is 2.58. The minimum absolute atomic E-state index is 0.128. The van der Waals surface area contributed by atoms with Gasteiger partial charge in [-0.3, -0.25) is 4.79 Å². The topological polar surface area (TPSA) is 43.1 Å². The van der Waals surface area contributed by atoms with Crippen molar-refractivity contribution >= 4 is 5.91 Å². The van der Waals surface area contributed by atoms with Gasteiger partial charge in [0, 0.05) is 5.41 Å². The second-order valence-electron chi connectivity index (χ2n) is 3.77. The summed E-state index contributed by atoms with van der Waals surface area (Å²) in [7, 11) is 0. The average molecular weight is 141 g/mol. The first kappa shape index (κ1) is 7.58. The molecule has 0 aromatic carbocycles. The summed E-state index contributed by atoms with van der Waals surface area (Å²) >= 11 is 0. The Kier molecular flexibility index (Phi) is 1.71. The lowest BCUT2D eigenvalue weighted by atomic mass is 9.87. The molecule has 0 radical (unpaired) electrons. The monoisotopic (exact) mass is 141 g/mol. The molecule has 0 unspecified atom stereocenters. The molecule has 58 valence electrons. The summed E-state index contributed by atoms with van der Waals surface area (Å²) in [6.07, 6.45) is 3.10. The predicted octanol–water partition coefficient (Wildman–Crippen LogP) is 1.30. The molecule has 0 heterocycles. The van der Waals surface area contributed by atoms with E-state index in [1.165, 1.54) is 0 Å². The molecule has 1 rings (SSSR count). The smallest absolute Gasteiger partial charge is 0.223 e. The predicted molar refractivity (Wildman–Crippen MR) is 40.3 cm³/mol. The summed E-state index contributed by atoms with van der Waals surface area (Å²) < 4.78 is 0. The molecule has 1 fully saturated rings. The van der Waals surface area contributed by atoms with Gasteiger partial charge < -0.3 is 5.73 Å². The first-order valence-corrected chi connectivity index (χ1v) is 3.84. The number of amides is 1. The van der Waals surface area contributed by atoms with Crippen LogP contribution in [0.4, 0.5) is 0 Å². The van der Waals surface area contributed by atoms with Crippen LogP contribution >= 0.6 is 0 Å². The molecule has 1 amide bonds. The molecule has 2 N–H and O–H groups in total. The molecule has 1 aliphatic carbocycles. The highest BCUT2D eigenvalue weighted by atomic mass is 16.1. The summed E-state index contributed by atoms with van der Waals surface area (Å²) in [6, 6.07) is 0. The molecule has 0 spiro atoms. The van der Waals surface area contributed by atoms with Crippen LogP contribution < -0.4 is 5.73 Å². The van der Waals surface area contributed by atoms with Gasteiger partial charge >= 0.3 is 0 Å². The number of carbonyl (C=O) groups excluding carboxylic acids is 1. The second-order valence-corrected chi connectivity index (χ2v) is 3.77. The maximum atomic E-state index is 10.9. The van der Waals surface area contributed by atoms with Crippen molar-refractivity contribution in [2.45, 2.75) is 33.1 Å². The van der Waals surface area contributed by atoms with Crippen molar-refractivity contribution in [2.75, 3.05) is 0 Å². The largest absolute Gasteiger partial charge is 0.369 e. The first-order valence-electron chi connectivity index (χ1n) is 3.84. The van der Waals surface area contributed by atoms with Crippen LogP contribution in [0.25, 0.3) is 0 Å². The maximum absolute atomic E-state index is 10.9. The Hall–Kier alpha value is -0.530. The van der Waals surface area contributed by atoms with Gasteiger partial charge in [0.2, 0.25) is 5.91 Å². The van der Waals surface area contributed by atoms with Crippen LogP contribution in [-0.4, -0.2) is 5.91 Å². The van der Waals surface area contributed by atoms with E-state index in [4.69, 9.17) is 5.73 Å². The Bertz CT molecular complexity index is 155. The number of nitrogens with two attached hydrogens (primary N) is 1. The van der Waals surface area contributed by atoms with E-state index in [0.29, 0.717) is 5.92 Å². The quantitative estimate of drug-likeness (QED) is 0.587. The van der Waals surface area contributed by atoms with Crippen molar-refractivity contribution in [3.8, 4) is 0 Å². The minimum Gasteiger partial charge on any atom is -0.369 e. The number of primary amides is 1. The third-order valence-electron chi connectivity index (χ3n) is 2.58. The Morgan fingerprint density at radius 2 is 2.30 bits per heavy atom. The van der Waals surface area contributed by atoms with E-state index in [9.17, 15) is 4.79 Å². The highest BCUT2D eigenvalue weighted by molar-refractivity contribution is 5.80. The van der Waals surface area contributed by atoms with Crippen molar-refractivity contribution in [3.05, 3.63) is 0 Å². The molecule has 0 aromatic heterocycles. The molecule has 0 aliphatic heterocycles. The van der Waals surface area contributed by atoms with Crippen molar-refractivity contribution < 1.29 is 4.79 Å². The van der Waals surface area contributed by atoms with Crippen molar-refractivity contribution in [1.82, 2.24) is 0 Å². The Morgan fingerprint density at radius 1 is 1.70 bits per heavy atom. The average Bonchev–Trinajstić information content (AvgIpc) is 2.13. The Morgan fingerprint density at radius 3 is 2.50 bits per heavy atom. The number of hydrogen-bond acceptors (Lipinski definition) is 1. The highest BCUT2D eigenvalue weighted by Gasteiger charge is 2.37. The normalized spacial score (nSPS) is 40.0. The highest BCUT2D eigenvalue weighted by Crippen LogP contribution is 2.40. The van der Waals surface area contributed by atoms with Gasteiger partial charge in [-0.05, 0) is 25.2 Å². The second kappa shape index (κ2) is 2.26. The molecule has 2 heteroatoms. The van der Waals surface area contributed by atoms with E-state index in [2.05, 4.69) is 6.92 Å². The first-order chi connectivity index (χ1) is 4.54. The van der Waals surface area contributed by atoms with Gasteiger partial charge in [-0.2, -0.15) is 0 Å². The van der Waals surface area contributed by atoms with Crippen molar-refractivity contribution in [3.63, 3.8) is 0 Å². The zero-order valence-electron chi connectivity index (χ0n) is 6.68. The van der Waals surface area contributed by atoms with E-state index < -0.39 is 0 Å². The summed E-state index contributed by atoms with van der Waals surface area (Å²) in [6.45, 7) is 4.15. The van der Waals surface area contributed by atoms with Gasteiger partial charge in [0.15, 0.2) is 0 Å². The van der Waals surface area contributed by atoms with Gasteiger partial charge in [0.25, 0.3) is 0 Å². The van der Waals surface area contributed by atoms with Gasteiger partial charge in [-0.1, -0.05) is 13.8 Å². The van der Waals surface area contributed by atoms with Gasteiger partial charge in [-0.25, -0.2) is 0 Å². The van der Waals surface area contributed by atoms with Crippen LogP contribution in [0.15, 0.2) is 0 Å². The van der Waals surface area contributed by atoms with E-state index >= 15 is 0 Å². The van der Waals surface area contributed by atoms with Crippen LogP contribution in [0.3, 0.4) is 0 Å². The van der Waals surface area contributed by atoms with Crippen molar-refractivity contribution in [2.24, 2.45) is 17.1 Å². The molecule has 0 bridgehead atoms. The molecule has 2 nitrogen and oxygen atoms in total. The van der Waals surface area contributed by atoms with Crippen LogP contribution in [-0.2, 0) is 4.79 Å². The maximum Gasteiger partial charge on any atom is 0.223 e. The fourth-order valence-electron chi connectivity index (χ4n) is 1.76. The zero-order chi connectivity index (χ0) is 7.78. The van der Waals surface area contributed by atoms with E-state index in [-0.39, 0.29) is 11.3 Å². The van der Waals surface area contributed by atoms with Crippen LogP contribution in [0.2, 0.25) is 0 Å². The molecule has 10 heavy (non-hydrogen) atoms. The fourth-order valence-corrected chi connectivity index (χ4v) is 1.76. The van der Waals surface area contributed by atoms with E-state index in [0.717, 1.165) is 19.3 Å². The van der Waals surface area contributed by atoms with Crippen molar-refractivity contribution in [1.29, 1.82) is 0 Å². The molecule has 1 aliphatic rings. The molecule has 0 saturated heterocycles. The zero-order valence-corrected chi connectivity index (χ0v) is 6.68. The van der Waals surface area contributed by atoms with E-state index in [1.54, 1.807) is 0 Å². The number of carbonyl (C=O) groups is 1. The number of hydrogen-bond donors (Lipinski definition) is 1. The summed E-state index contributed by atoms with van der Waals surface area (Å²) in [5, 5.41) is 0. The summed E-state index contributed by atoms with van der Waals surface area (Å²) in [4.78, 5) is 10.9. The molecule has 2 atom stereocenters. The Labute approximate surface area is 61.8 Å². The lowest BCUT2D eigenvalue weighted by Gasteiger charge is -2.18. The van der Waals surface area contributed by atoms with Gasteiger partial charge in [-0.15, -0.1) is 0 Å². The van der Waals surface area contributed by atoms with Crippen LogP contribution in [0, 0.1) is 11.3 Å². The molecular weight excluding hydrogens is 126 g/mol. The fraction of sp³-hybridized carbons (Fsp3) is 0.875. The molecular formula is C8H15NO. The summed E-state index contributed by atoms with van der Waals surface area (Å²) in [5.74, 6) is 0.550. The molecule has 1 saturated carbocycles. The SMILES string of the molecule is C[C@H]1CC[C@@](C)(C(N)=O)C1. The van der Waals surface area contributed by atoms with Crippen LogP contribution in [0.5, 0.6) is 0 Å². The van der Waals surface area contributed by atoms with Gasteiger partial charge in [0.05, 0.1) is 0 Å². The lowest BCUT2D eigenvalue weighted by molar-refractivity contribution is -0.126. The number of rotatable bonds is 1. The lowest BCUT2D eigenvalue weighted by Crippen LogP contribution is -2.31. The third kappa shape index (κ3) is 1.15. The van der Waals surface area contributed by atoms with Gasteiger partial charge in [0.1, 0.15) is 0 Å². The van der Waals surface area contributed by atoms with E-state index in [1.807, 2.05) is 6.92 Å². The van der Waals surface area contributed by atoms with Crippen LogP contribution in [0.1, 0.15) is 33.1 Å². The minimum atomic E-state index is -0.195. The summed E-state index contributed by atoms with van der Waals surface area (Å²) in [5.41, 5.74) is 5.06.